The topological polar surface area (TPSA) is 35.2 Å². The van der Waals surface area contributed by atoms with Crippen LogP contribution in [0.3, 0.4) is 0 Å². The van der Waals surface area contributed by atoms with Gasteiger partial charge in [0.05, 0.1) is 6.61 Å². The van der Waals surface area contributed by atoms with Gasteiger partial charge in [-0.2, -0.15) is 0 Å². The SMILES string of the molecule is CC(N)Cc1ccc(OCCSc2ccccc2)c(F)c1. The smallest absolute Gasteiger partial charge is 0.165 e. The molecule has 2 N–H and O–H groups in total. The average molecular weight is 305 g/mol. The van der Waals surface area contributed by atoms with Crippen LogP contribution in [0.4, 0.5) is 4.39 Å². The van der Waals surface area contributed by atoms with Crippen molar-refractivity contribution in [3.63, 3.8) is 0 Å². The van der Waals surface area contributed by atoms with E-state index in [9.17, 15) is 4.39 Å². The Labute approximate surface area is 129 Å². The molecule has 0 spiro atoms. The van der Waals surface area contributed by atoms with Gasteiger partial charge in [0.25, 0.3) is 0 Å². The highest BCUT2D eigenvalue weighted by Gasteiger charge is 2.06. The molecule has 0 aliphatic rings. The Hall–Kier alpha value is -1.52. The molecule has 4 heteroatoms. The molecule has 1 unspecified atom stereocenters. The minimum Gasteiger partial charge on any atom is -0.490 e. The maximum Gasteiger partial charge on any atom is 0.165 e. The minimum atomic E-state index is -0.321. The number of thioether (sulfide) groups is 1. The standard InChI is InChI=1S/C17H20FNOS/c1-13(19)11-14-7-8-17(16(18)12-14)20-9-10-21-15-5-3-2-4-6-15/h2-8,12-13H,9-11,19H2,1H3. The van der Waals surface area contributed by atoms with Crippen LogP contribution in [0.25, 0.3) is 0 Å². The molecule has 0 bridgehead atoms. The van der Waals surface area contributed by atoms with Crippen molar-refractivity contribution in [1.29, 1.82) is 0 Å². The second-order valence-corrected chi connectivity index (χ2v) is 6.12. The predicted octanol–water partition coefficient (Wildman–Crippen LogP) is 3.89. The number of hydrogen-bond donors (Lipinski definition) is 1. The van der Waals surface area contributed by atoms with Gasteiger partial charge in [-0.1, -0.05) is 24.3 Å². The van der Waals surface area contributed by atoms with Gasteiger partial charge >= 0.3 is 0 Å². The summed E-state index contributed by atoms with van der Waals surface area (Å²) in [6.45, 7) is 2.38. The van der Waals surface area contributed by atoms with Gasteiger partial charge in [-0.15, -0.1) is 11.8 Å². The third-order valence-corrected chi connectivity index (χ3v) is 3.88. The summed E-state index contributed by atoms with van der Waals surface area (Å²) in [5.41, 5.74) is 6.61. The van der Waals surface area contributed by atoms with Gasteiger partial charge in [-0.3, -0.25) is 0 Å². The second-order valence-electron chi connectivity index (χ2n) is 4.96. The third-order valence-electron chi connectivity index (χ3n) is 2.91. The fraction of sp³-hybridized carbons (Fsp3) is 0.294. The Morgan fingerprint density at radius 1 is 1.19 bits per heavy atom. The van der Waals surface area contributed by atoms with Crippen molar-refractivity contribution in [2.24, 2.45) is 5.73 Å². The monoisotopic (exact) mass is 305 g/mol. The number of halogens is 1. The van der Waals surface area contributed by atoms with Crippen molar-refractivity contribution in [3.8, 4) is 5.75 Å². The molecule has 1 atom stereocenters. The fourth-order valence-electron chi connectivity index (χ4n) is 1.99. The van der Waals surface area contributed by atoms with Crippen LogP contribution in [0.2, 0.25) is 0 Å². The van der Waals surface area contributed by atoms with Gasteiger partial charge in [0, 0.05) is 16.7 Å². The van der Waals surface area contributed by atoms with Gasteiger partial charge in [0.2, 0.25) is 0 Å². The molecule has 0 amide bonds. The van der Waals surface area contributed by atoms with E-state index in [1.165, 1.54) is 11.0 Å². The van der Waals surface area contributed by atoms with Crippen molar-refractivity contribution in [2.45, 2.75) is 24.3 Å². The summed E-state index contributed by atoms with van der Waals surface area (Å²) in [5.74, 6) is 0.764. The summed E-state index contributed by atoms with van der Waals surface area (Å²) in [6, 6.07) is 15.2. The Kier molecular flexibility index (Phi) is 6.08. The summed E-state index contributed by atoms with van der Waals surface area (Å²) >= 11 is 1.69. The molecular weight excluding hydrogens is 285 g/mol. The Balaban J connectivity index is 1.80. The first-order chi connectivity index (χ1) is 10.1. The third kappa shape index (κ3) is 5.40. The van der Waals surface area contributed by atoms with Crippen LogP contribution in [-0.2, 0) is 6.42 Å². The zero-order chi connectivity index (χ0) is 15.1. The Morgan fingerprint density at radius 3 is 2.62 bits per heavy atom. The van der Waals surface area contributed by atoms with Gasteiger partial charge in [-0.25, -0.2) is 4.39 Å². The molecule has 21 heavy (non-hydrogen) atoms. The molecule has 2 rings (SSSR count). The molecular formula is C17H20FNOS. The molecule has 2 aromatic carbocycles. The van der Waals surface area contributed by atoms with Crippen LogP contribution in [0.1, 0.15) is 12.5 Å². The zero-order valence-corrected chi connectivity index (χ0v) is 12.9. The summed E-state index contributed by atoms with van der Waals surface area (Å²) in [6.07, 6.45) is 0.668. The summed E-state index contributed by atoms with van der Waals surface area (Å²) < 4.78 is 19.4. The number of hydrogen-bond acceptors (Lipinski definition) is 3. The zero-order valence-electron chi connectivity index (χ0n) is 12.1. The van der Waals surface area contributed by atoms with Gasteiger partial charge in [0.15, 0.2) is 11.6 Å². The van der Waals surface area contributed by atoms with Crippen LogP contribution in [0.5, 0.6) is 5.75 Å². The second kappa shape index (κ2) is 8.05. The first-order valence-corrected chi connectivity index (χ1v) is 7.98. The molecule has 2 aromatic rings. The summed E-state index contributed by atoms with van der Waals surface area (Å²) in [4.78, 5) is 1.19. The predicted molar refractivity (Wildman–Crippen MR) is 86.4 cm³/mol. The van der Waals surface area contributed by atoms with Crippen LogP contribution in [-0.4, -0.2) is 18.4 Å². The van der Waals surface area contributed by atoms with E-state index in [1.54, 1.807) is 17.8 Å². The first-order valence-electron chi connectivity index (χ1n) is 7.00. The Morgan fingerprint density at radius 2 is 1.95 bits per heavy atom. The highest BCUT2D eigenvalue weighted by molar-refractivity contribution is 7.99. The molecule has 0 fully saturated rings. The number of benzene rings is 2. The van der Waals surface area contributed by atoms with Crippen molar-refractivity contribution in [2.75, 3.05) is 12.4 Å². The molecule has 0 saturated carbocycles. The van der Waals surface area contributed by atoms with Gasteiger partial charge in [-0.05, 0) is 43.2 Å². The molecule has 0 aromatic heterocycles. The molecule has 0 heterocycles. The highest BCUT2D eigenvalue weighted by atomic mass is 32.2. The maximum atomic E-state index is 13.9. The average Bonchev–Trinajstić information content (AvgIpc) is 2.46. The van der Waals surface area contributed by atoms with Crippen LogP contribution >= 0.6 is 11.8 Å². The maximum absolute atomic E-state index is 13.9. The molecule has 112 valence electrons. The van der Waals surface area contributed by atoms with Crippen LogP contribution in [0, 0.1) is 5.82 Å². The number of ether oxygens (including phenoxy) is 1. The van der Waals surface area contributed by atoms with Gasteiger partial charge < -0.3 is 10.5 Å². The first kappa shape index (κ1) is 15.9. The lowest BCUT2D eigenvalue weighted by atomic mass is 10.1. The lowest BCUT2D eigenvalue weighted by Crippen LogP contribution is -2.17. The van der Waals surface area contributed by atoms with Crippen molar-refractivity contribution >= 4 is 11.8 Å². The Bertz CT molecular complexity index is 560. The van der Waals surface area contributed by atoms with Crippen molar-refractivity contribution < 1.29 is 9.13 Å². The molecule has 0 saturated heterocycles. The van der Waals surface area contributed by atoms with E-state index in [-0.39, 0.29) is 11.9 Å². The van der Waals surface area contributed by atoms with Crippen LogP contribution < -0.4 is 10.5 Å². The fourth-order valence-corrected chi connectivity index (χ4v) is 2.74. The minimum absolute atomic E-state index is 0.0263. The molecule has 0 aliphatic carbocycles. The van der Waals surface area contributed by atoms with E-state index < -0.39 is 0 Å². The van der Waals surface area contributed by atoms with E-state index in [4.69, 9.17) is 10.5 Å². The largest absolute Gasteiger partial charge is 0.490 e. The highest BCUT2D eigenvalue weighted by Crippen LogP contribution is 2.21. The van der Waals surface area contributed by atoms with Crippen LogP contribution in [0.15, 0.2) is 53.4 Å². The van der Waals surface area contributed by atoms with Gasteiger partial charge in [0.1, 0.15) is 0 Å². The molecule has 0 aliphatic heterocycles. The quantitative estimate of drug-likeness (QED) is 0.622. The van der Waals surface area contributed by atoms with E-state index in [0.717, 1.165) is 11.3 Å². The summed E-state index contributed by atoms with van der Waals surface area (Å²) in [5, 5.41) is 0. The van der Waals surface area contributed by atoms with E-state index >= 15 is 0 Å². The van der Waals surface area contributed by atoms with E-state index in [0.29, 0.717) is 18.8 Å². The number of nitrogens with two attached hydrogens (primary N) is 1. The molecule has 0 radical (unpaired) electrons. The number of rotatable bonds is 7. The van der Waals surface area contributed by atoms with E-state index in [1.807, 2.05) is 43.3 Å². The lowest BCUT2D eigenvalue weighted by Gasteiger charge is -2.10. The van der Waals surface area contributed by atoms with E-state index in [2.05, 4.69) is 0 Å². The molecule has 2 nitrogen and oxygen atoms in total. The van der Waals surface area contributed by atoms with Crippen molar-refractivity contribution in [3.05, 3.63) is 59.9 Å². The van der Waals surface area contributed by atoms with Crippen molar-refractivity contribution in [1.82, 2.24) is 0 Å². The lowest BCUT2D eigenvalue weighted by molar-refractivity contribution is 0.324. The summed E-state index contributed by atoms with van der Waals surface area (Å²) in [7, 11) is 0. The normalized spacial score (nSPS) is 12.1.